The Morgan fingerprint density at radius 3 is 2.56 bits per heavy atom. The Labute approximate surface area is 203 Å². The molecule has 2 saturated heterocycles. The zero-order valence-corrected chi connectivity index (χ0v) is 20.5. The molecule has 1 aliphatic carbocycles. The van der Waals surface area contributed by atoms with Crippen LogP contribution in [-0.4, -0.2) is 66.5 Å². The molecule has 1 aromatic carbocycles. The number of nitrogens with one attached hydrogen (secondary N) is 1. The summed E-state index contributed by atoms with van der Waals surface area (Å²) in [5.41, 5.74) is 7.55. The molecule has 1 aromatic heterocycles. The lowest BCUT2D eigenvalue weighted by molar-refractivity contribution is -0.133. The van der Waals surface area contributed by atoms with Crippen LogP contribution in [0.1, 0.15) is 35.2 Å². The molecule has 7 heteroatoms. The fourth-order valence-electron chi connectivity index (χ4n) is 5.10. The van der Waals surface area contributed by atoms with E-state index >= 15 is 0 Å². The summed E-state index contributed by atoms with van der Waals surface area (Å²) in [6.07, 6.45) is 5.57. The number of hydrogen-bond donors (Lipinski definition) is 1. The van der Waals surface area contributed by atoms with E-state index < -0.39 is 0 Å². The number of rotatable bonds is 2. The number of nitrogens with zero attached hydrogens (tertiary/aromatic N) is 3. The van der Waals surface area contributed by atoms with Crippen molar-refractivity contribution in [1.29, 1.82) is 0 Å². The molecule has 168 valence electrons. The Balaban J connectivity index is 1.42. The summed E-state index contributed by atoms with van der Waals surface area (Å²) in [6.45, 7) is 5.92. The number of pyridine rings is 1. The van der Waals surface area contributed by atoms with Crippen molar-refractivity contribution in [3.8, 4) is 0 Å². The molecule has 1 amide bonds. The van der Waals surface area contributed by atoms with Crippen molar-refractivity contribution in [2.45, 2.75) is 25.7 Å². The van der Waals surface area contributed by atoms with Crippen LogP contribution in [0.2, 0.25) is 5.02 Å². The van der Waals surface area contributed by atoms with Gasteiger partial charge in [0.1, 0.15) is 0 Å². The van der Waals surface area contributed by atoms with Crippen LogP contribution in [0.25, 0.3) is 5.57 Å². The number of likely N-dealkylation sites (tertiary alicyclic amines) is 1. The fourth-order valence-corrected chi connectivity index (χ4v) is 5.67. The van der Waals surface area contributed by atoms with Gasteiger partial charge in [0.15, 0.2) is 0 Å². The highest BCUT2D eigenvalue weighted by Crippen LogP contribution is 2.39. The maximum absolute atomic E-state index is 12.9. The second kappa shape index (κ2) is 9.64. The Morgan fingerprint density at radius 1 is 1.03 bits per heavy atom. The third-order valence-corrected chi connectivity index (χ3v) is 7.48. The number of fused-ring (bicyclic) bond motifs is 2. The van der Waals surface area contributed by atoms with Crippen LogP contribution in [-0.2, 0) is 17.6 Å². The first kappa shape index (κ1) is 22.1. The van der Waals surface area contributed by atoms with Gasteiger partial charge in [0.2, 0.25) is 5.91 Å². The molecule has 1 N–H and O–H groups in total. The topological polar surface area (TPSA) is 48.5 Å². The molecule has 0 radical (unpaired) electrons. The Kier molecular flexibility index (Phi) is 6.65. The normalized spacial score (nSPS) is 19.4. The Morgan fingerprint density at radius 2 is 1.78 bits per heavy atom. The van der Waals surface area contributed by atoms with Gasteiger partial charge in [0.25, 0.3) is 0 Å². The maximum Gasteiger partial charge on any atom is 0.236 e. The molecule has 3 heterocycles. The van der Waals surface area contributed by atoms with E-state index in [0.717, 1.165) is 80.1 Å². The molecule has 3 aliphatic rings. The summed E-state index contributed by atoms with van der Waals surface area (Å²) < 4.78 is 1.01. The fraction of sp³-hybridized carbons (Fsp3) is 0.440. The molecule has 2 fully saturated rings. The molecular weight excluding hydrogens is 488 g/mol. The van der Waals surface area contributed by atoms with Gasteiger partial charge in [0, 0.05) is 60.5 Å². The molecule has 0 bridgehead atoms. The first-order valence-corrected chi connectivity index (χ1v) is 12.6. The quantitative estimate of drug-likeness (QED) is 0.659. The molecular formula is C25H28BrClN4O. The number of carbonyl (C=O) groups is 1. The summed E-state index contributed by atoms with van der Waals surface area (Å²) >= 11 is 9.93. The molecule has 0 atom stereocenters. The average Bonchev–Trinajstić information content (AvgIpc) is 2.96. The van der Waals surface area contributed by atoms with Crippen molar-refractivity contribution >= 4 is 39.0 Å². The summed E-state index contributed by atoms with van der Waals surface area (Å²) in [4.78, 5) is 22.1. The second-order valence-corrected chi connectivity index (χ2v) is 10.2. The number of piperazine rings is 1. The van der Waals surface area contributed by atoms with Crippen LogP contribution in [0, 0.1) is 0 Å². The predicted octanol–water partition coefficient (Wildman–Crippen LogP) is 3.93. The second-order valence-electron chi connectivity index (χ2n) is 8.85. The van der Waals surface area contributed by atoms with Crippen LogP contribution in [0.3, 0.4) is 0 Å². The summed E-state index contributed by atoms with van der Waals surface area (Å²) in [6, 6.07) is 8.44. The van der Waals surface area contributed by atoms with Gasteiger partial charge in [-0.1, -0.05) is 23.2 Å². The Bertz CT molecular complexity index is 998. The standard InChI is InChI=1S/C25H28BrClN4O/c26-20-13-19-2-1-18-14-21(27)3-4-22(18)24(25(19)29-15-20)17-5-9-31(10-6-17)23(32)16-30-11-7-28-8-12-30/h3-4,13-15,28H,1-2,5-12,16H2. The lowest BCUT2D eigenvalue weighted by Gasteiger charge is -2.33. The van der Waals surface area contributed by atoms with E-state index in [-0.39, 0.29) is 5.91 Å². The highest BCUT2D eigenvalue weighted by molar-refractivity contribution is 9.10. The van der Waals surface area contributed by atoms with Crippen molar-refractivity contribution in [1.82, 2.24) is 20.1 Å². The number of benzene rings is 1. The SMILES string of the molecule is O=C(CN1CCNCC1)N1CCC(=C2c3ccc(Cl)cc3CCc3cc(Br)cnc32)CC1. The van der Waals surface area contributed by atoms with E-state index in [0.29, 0.717) is 6.54 Å². The van der Waals surface area contributed by atoms with Gasteiger partial charge >= 0.3 is 0 Å². The van der Waals surface area contributed by atoms with Crippen LogP contribution in [0.4, 0.5) is 0 Å². The number of aryl methyl sites for hydroxylation is 2. The molecule has 2 aromatic rings. The van der Waals surface area contributed by atoms with Gasteiger partial charge in [-0.05, 0) is 76.5 Å². The van der Waals surface area contributed by atoms with Crippen molar-refractivity contribution < 1.29 is 4.79 Å². The number of aromatic nitrogens is 1. The summed E-state index contributed by atoms with van der Waals surface area (Å²) in [7, 11) is 0. The Hall–Kier alpha value is -1.73. The summed E-state index contributed by atoms with van der Waals surface area (Å²) in [5.74, 6) is 0.256. The van der Waals surface area contributed by atoms with Crippen molar-refractivity contribution in [2.75, 3.05) is 45.8 Å². The van der Waals surface area contributed by atoms with E-state index in [9.17, 15) is 4.79 Å². The predicted molar refractivity (Wildman–Crippen MR) is 132 cm³/mol. The number of hydrogen-bond acceptors (Lipinski definition) is 4. The summed E-state index contributed by atoms with van der Waals surface area (Å²) in [5, 5.41) is 4.13. The number of piperidine rings is 1. The van der Waals surface area contributed by atoms with Crippen molar-refractivity contribution in [3.63, 3.8) is 0 Å². The monoisotopic (exact) mass is 514 g/mol. The van der Waals surface area contributed by atoms with Gasteiger partial charge in [-0.2, -0.15) is 0 Å². The lowest BCUT2D eigenvalue weighted by atomic mass is 9.88. The largest absolute Gasteiger partial charge is 0.341 e. The minimum atomic E-state index is 0.256. The zero-order chi connectivity index (χ0) is 22.1. The van der Waals surface area contributed by atoms with Gasteiger partial charge in [-0.3, -0.25) is 14.7 Å². The maximum atomic E-state index is 12.9. The van der Waals surface area contributed by atoms with Gasteiger partial charge < -0.3 is 10.2 Å². The van der Waals surface area contributed by atoms with E-state index in [2.05, 4.69) is 44.3 Å². The van der Waals surface area contributed by atoms with Crippen molar-refractivity contribution in [3.05, 3.63) is 67.9 Å². The lowest BCUT2D eigenvalue weighted by Crippen LogP contribution is -2.49. The minimum absolute atomic E-state index is 0.256. The van der Waals surface area contributed by atoms with Gasteiger partial charge in [-0.25, -0.2) is 0 Å². The van der Waals surface area contributed by atoms with Crippen molar-refractivity contribution in [2.24, 2.45) is 0 Å². The van der Waals surface area contributed by atoms with Crippen LogP contribution < -0.4 is 5.32 Å². The zero-order valence-electron chi connectivity index (χ0n) is 18.2. The molecule has 0 spiro atoms. The first-order chi connectivity index (χ1) is 15.6. The molecule has 5 nitrogen and oxygen atoms in total. The first-order valence-electron chi connectivity index (χ1n) is 11.4. The molecule has 2 aliphatic heterocycles. The number of carbonyl (C=O) groups excluding carboxylic acids is 1. The highest BCUT2D eigenvalue weighted by atomic mass is 79.9. The third kappa shape index (κ3) is 4.65. The van der Waals surface area contributed by atoms with Gasteiger partial charge in [-0.15, -0.1) is 0 Å². The number of amides is 1. The molecule has 0 saturated carbocycles. The smallest absolute Gasteiger partial charge is 0.236 e. The van der Waals surface area contributed by atoms with E-state index in [1.807, 2.05) is 17.2 Å². The average molecular weight is 516 g/mol. The highest BCUT2D eigenvalue weighted by Gasteiger charge is 2.27. The van der Waals surface area contributed by atoms with Crippen LogP contribution >= 0.6 is 27.5 Å². The van der Waals surface area contributed by atoms with Crippen LogP contribution in [0.15, 0.2) is 40.5 Å². The molecule has 32 heavy (non-hydrogen) atoms. The third-order valence-electron chi connectivity index (χ3n) is 6.81. The van der Waals surface area contributed by atoms with E-state index in [1.54, 1.807) is 0 Å². The molecule has 0 unspecified atom stereocenters. The minimum Gasteiger partial charge on any atom is -0.341 e. The van der Waals surface area contributed by atoms with Crippen LogP contribution in [0.5, 0.6) is 0 Å². The van der Waals surface area contributed by atoms with Gasteiger partial charge in [0.05, 0.1) is 12.2 Å². The molecule has 5 rings (SSSR count). The van der Waals surface area contributed by atoms with E-state index in [4.69, 9.17) is 16.6 Å². The van der Waals surface area contributed by atoms with E-state index in [1.165, 1.54) is 27.8 Å². The number of halogens is 2.